The van der Waals surface area contributed by atoms with Gasteiger partial charge in [-0.25, -0.2) is 9.52 Å². The molecule has 0 spiro atoms. The van der Waals surface area contributed by atoms with Crippen molar-refractivity contribution >= 4 is 27.9 Å². The lowest BCUT2D eigenvalue weighted by molar-refractivity contribution is 0.121. The van der Waals surface area contributed by atoms with Gasteiger partial charge in [-0.05, 0) is 26.2 Å². The van der Waals surface area contributed by atoms with Crippen LogP contribution in [0.5, 0.6) is 0 Å². The molecule has 1 N–H and O–H groups in total. The molecular formula is C10H19ClN2O4S. The summed E-state index contributed by atoms with van der Waals surface area (Å²) in [5.74, 6) is 0.390. The monoisotopic (exact) mass is 298 g/mol. The molecule has 0 bridgehead atoms. The van der Waals surface area contributed by atoms with Gasteiger partial charge in [0.05, 0.1) is 6.10 Å². The van der Waals surface area contributed by atoms with E-state index < -0.39 is 16.3 Å². The van der Waals surface area contributed by atoms with Crippen LogP contribution in [0.4, 0.5) is 4.79 Å². The Hall–Kier alpha value is -0.530. The van der Waals surface area contributed by atoms with E-state index in [1.165, 1.54) is 4.31 Å². The summed E-state index contributed by atoms with van der Waals surface area (Å²) in [6.07, 6.45) is -0.600. The van der Waals surface area contributed by atoms with Crippen LogP contribution < -0.4 is 4.72 Å². The molecule has 0 saturated carbocycles. The molecule has 0 radical (unpaired) electrons. The van der Waals surface area contributed by atoms with E-state index in [0.29, 0.717) is 6.54 Å². The fourth-order valence-corrected chi connectivity index (χ4v) is 3.82. The predicted octanol–water partition coefficient (Wildman–Crippen LogP) is 1.31. The normalized spacial score (nSPS) is 25.4. The van der Waals surface area contributed by atoms with Gasteiger partial charge in [-0.1, -0.05) is 6.92 Å². The molecule has 8 heteroatoms. The molecule has 1 aliphatic rings. The van der Waals surface area contributed by atoms with Gasteiger partial charge in [0.2, 0.25) is 0 Å². The lowest BCUT2D eigenvalue weighted by Gasteiger charge is -2.24. The zero-order valence-electron chi connectivity index (χ0n) is 10.7. The third-order valence-corrected chi connectivity index (χ3v) is 4.67. The number of hydrogen-bond acceptors (Lipinski definition) is 4. The Morgan fingerprint density at radius 2 is 2.17 bits per heavy atom. The molecular weight excluding hydrogens is 280 g/mol. The molecule has 1 rings (SSSR count). The Morgan fingerprint density at radius 1 is 1.56 bits per heavy atom. The highest BCUT2D eigenvalue weighted by molar-refractivity contribution is 7.87. The van der Waals surface area contributed by atoms with Crippen molar-refractivity contribution in [2.75, 3.05) is 12.4 Å². The number of hydrogen-bond donors (Lipinski definition) is 1. The van der Waals surface area contributed by atoms with Gasteiger partial charge in [0.1, 0.15) is 0 Å². The van der Waals surface area contributed by atoms with Crippen LogP contribution >= 0.6 is 11.6 Å². The second kappa shape index (κ2) is 6.08. The highest BCUT2D eigenvalue weighted by Gasteiger charge is 2.39. The summed E-state index contributed by atoms with van der Waals surface area (Å²) < 4.78 is 31.9. The molecule has 1 heterocycles. The summed E-state index contributed by atoms with van der Waals surface area (Å²) in [4.78, 5) is 11.3. The largest absolute Gasteiger partial charge is 0.446 e. The van der Waals surface area contributed by atoms with Crippen molar-refractivity contribution in [2.45, 2.75) is 39.3 Å². The first-order valence-electron chi connectivity index (χ1n) is 5.84. The first kappa shape index (κ1) is 15.5. The van der Waals surface area contributed by atoms with E-state index >= 15 is 0 Å². The number of nitrogens with zero attached hydrogens (tertiary/aromatic N) is 1. The number of amides is 1. The van der Waals surface area contributed by atoms with Crippen molar-refractivity contribution in [1.82, 2.24) is 9.03 Å². The number of alkyl halides is 1. The summed E-state index contributed by atoms with van der Waals surface area (Å²) in [5, 5.41) is 0. The molecule has 1 aliphatic heterocycles. The van der Waals surface area contributed by atoms with E-state index in [1.807, 2.05) is 11.6 Å². The van der Waals surface area contributed by atoms with Crippen molar-refractivity contribution in [3.63, 3.8) is 0 Å². The predicted molar refractivity (Wildman–Crippen MR) is 68.7 cm³/mol. The fourth-order valence-electron chi connectivity index (χ4n) is 1.90. The van der Waals surface area contributed by atoms with Crippen molar-refractivity contribution in [3.05, 3.63) is 0 Å². The van der Waals surface area contributed by atoms with Crippen LogP contribution in [-0.2, 0) is 14.9 Å². The van der Waals surface area contributed by atoms with Crippen molar-refractivity contribution < 1.29 is 17.9 Å². The van der Waals surface area contributed by atoms with E-state index in [1.54, 1.807) is 13.8 Å². The third-order valence-electron chi connectivity index (χ3n) is 2.85. The first-order valence-corrected chi connectivity index (χ1v) is 7.81. The SMILES string of the molecule is CC(C)OC(=O)NS(=O)(=O)N1CCC(C)C1CCl. The lowest BCUT2D eigenvalue weighted by Crippen LogP contribution is -2.47. The van der Waals surface area contributed by atoms with Crippen molar-refractivity contribution in [1.29, 1.82) is 0 Å². The second-order valence-electron chi connectivity index (χ2n) is 4.66. The van der Waals surface area contributed by atoms with Crippen molar-refractivity contribution in [2.24, 2.45) is 5.92 Å². The van der Waals surface area contributed by atoms with Gasteiger partial charge in [-0.3, -0.25) is 0 Å². The molecule has 106 valence electrons. The molecule has 2 atom stereocenters. The van der Waals surface area contributed by atoms with Crippen LogP contribution in [0.1, 0.15) is 27.2 Å². The van der Waals surface area contributed by atoms with E-state index in [2.05, 4.69) is 0 Å². The smallest absolute Gasteiger partial charge is 0.422 e. The van der Waals surface area contributed by atoms with Crippen molar-refractivity contribution in [3.8, 4) is 0 Å². The van der Waals surface area contributed by atoms with Gasteiger partial charge in [0.15, 0.2) is 0 Å². The van der Waals surface area contributed by atoms with Crippen LogP contribution in [0.2, 0.25) is 0 Å². The molecule has 2 unspecified atom stereocenters. The molecule has 0 aromatic carbocycles. The highest BCUT2D eigenvalue weighted by Crippen LogP contribution is 2.26. The number of halogens is 1. The molecule has 6 nitrogen and oxygen atoms in total. The average molecular weight is 299 g/mol. The maximum Gasteiger partial charge on any atom is 0.422 e. The molecule has 1 fully saturated rings. The van der Waals surface area contributed by atoms with E-state index in [9.17, 15) is 13.2 Å². The number of ether oxygens (including phenoxy) is 1. The molecule has 1 amide bonds. The third kappa shape index (κ3) is 3.73. The molecule has 0 aliphatic carbocycles. The van der Waals surface area contributed by atoms with E-state index in [4.69, 9.17) is 16.3 Å². The van der Waals surface area contributed by atoms with Crippen LogP contribution in [-0.4, -0.2) is 43.4 Å². The Morgan fingerprint density at radius 3 is 2.67 bits per heavy atom. The molecule has 0 aromatic heterocycles. The summed E-state index contributed by atoms with van der Waals surface area (Å²) in [6.45, 7) is 5.59. The Labute approximate surface area is 113 Å². The average Bonchev–Trinajstić information content (AvgIpc) is 2.57. The number of nitrogens with one attached hydrogen (secondary N) is 1. The Balaban J connectivity index is 2.72. The number of carbonyl (C=O) groups is 1. The fraction of sp³-hybridized carbons (Fsp3) is 0.900. The summed E-state index contributed by atoms with van der Waals surface area (Å²) in [6, 6.07) is -0.281. The Kier molecular flexibility index (Phi) is 5.24. The standard InChI is InChI=1S/C10H19ClN2O4S/c1-7(2)17-10(14)12-18(15,16)13-5-4-8(3)9(13)6-11/h7-9H,4-6H2,1-3H3,(H,12,14). The van der Waals surface area contributed by atoms with Gasteiger partial charge in [0, 0.05) is 18.5 Å². The van der Waals surface area contributed by atoms with Gasteiger partial charge in [0.25, 0.3) is 0 Å². The minimum Gasteiger partial charge on any atom is -0.446 e. The van der Waals surface area contributed by atoms with Gasteiger partial charge < -0.3 is 4.74 Å². The number of carbonyl (C=O) groups excluding carboxylic acids is 1. The molecule has 0 aromatic rings. The summed E-state index contributed by atoms with van der Waals surface area (Å²) in [7, 11) is -3.87. The maximum atomic E-state index is 12.0. The second-order valence-corrected chi connectivity index (χ2v) is 6.59. The zero-order valence-corrected chi connectivity index (χ0v) is 12.3. The zero-order chi connectivity index (χ0) is 13.9. The van der Waals surface area contributed by atoms with E-state index in [-0.39, 0.29) is 23.9 Å². The van der Waals surface area contributed by atoms with Gasteiger partial charge >= 0.3 is 16.3 Å². The molecule has 1 saturated heterocycles. The first-order chi connectivity index (χ1) is 8.27. The van der Waals surface area contributed by atoms with Crippen LogP contribution in [0.15, 0.2) is 0 Å². The van der Waals surface area contributed by atoms with E-state index in [0.717, 1.165) is 6.42 Å². The Bertz CT molecular complexity index is 399. The van der Waals surface area contributed by atoms with Crippen LogP contribution in [0, 0.1) is 5.92 Å². The summed E-state index contributed by atoms with van der Waals surface area (Å²) in [5.41, 5.74) is 0. The minimum atomic E-state index is -3.87. The maximum absolute atomic E-state index is 12.0. The topological polar surface area (TPSA) is 75.7 Å². The quantitative estimate of drug-likeness (QED) is 0.794. The molecule has 18 heavy (non-hydrogen) atoms. The highest BCUT2D eigenvalue weighted by atomic mass is 35.5. The number of rotatable bonds is 4. The lowest BCUT2D eigenvalue weighted by atomic mass is 10.1. The van der Waals surface area contributed by atoms with Crippen LogP contribution in [0.3, 0.4) is 0 Å². The minimum absolute atomic E-state index is 0.181. The van der Waals surface area contributed by atoms with Gasteiger partial charge in [-0.2, -0.15) is 12.7 Å². The van der Waals surface area contributed by atoms with Crippen LogP contribution in [0.25, 0.3) is 0 Å². The summed E-state index contributed by atoms with van der Waals surface area (Å²) >= 11 is 5.77. The van der Waals surface area contributed by atoms with Gasteiger partial charge in [-0.15, -0.1) is 11.6 Å².